The average molecular weight is 362 g/mol. The lowest BCUT2D eigenvalue weighted by atomic mass is 9.75. The highest BCUT2D eigenvalue weighted by Crippen LogP contribution is 2.47. The maximum absolute atomic E-state index is 13.7. The second-order valence-electron chi connectivity index (χ2n) is 6.34. The molecule has 2 heterocycles. The lowest BCUT2D eigenvalue weighted by molar-refractivity contribution is -0.131. The first-order chi connectivity index (χ1) is 10.7. The van der Waals surface area contributed by atoms with Gasteiger partial charge in [-0.05, 0) is 38.3 Å². The molecule has 0 aromatic heterocycles. The van der Waals surface area contributed by atoms with E-state index in [9.17, 15) is 17.6 Å². The quantitative estimate of drug-likeness (QED) is 0.893. The Balaban J connectivity index is 1.75. The predicted molar refractivity (Wildman–Crippen MR) is 82.8 cm³/mol. The number of carbonyl (C=O) groups is 1. The van der Waals surface area contributed by atoms with Crippen LogP contribution in [0.25, 0.3) is 0 Å². The topological polar surface area (TPSA) is 72.5 Å². The van der Waals surface area contributed by atoms with E-state index in [4.69, 9.17) is 16.3 Å². The Bertz CT molecular complexity index is 734. The van der Waals surface area contributed by atoms with Gasteiger partial charge in [0.25, 0.3) is 0 Å². The van der Waals surface area contributed by atoms with Crippen molar-refractivity contribution in [2.45, 2.75) is 44.1 Å². The van der Waals surface area contributed by atoms with Gasteiger partial charge in [-0.2, -0.15) is 0 Å². The zero-order valence-electron chi connectivity index (χ0n) is 12.5. The number of rotatable bonds is 4. The van der Waals surface area contributed by atoms with Crippen molar-refractivity contribution in [3.05, 3.63) is 34.6 Å². The first kappa shape index (κ1) is 16.7. The molecule has 2 aliphatic rings. The van der Waals surface area contributed by atoms with Crippen LogP contribution in [0.5, 0.6) is 0 Å². The van der Waals surface area contributed by atoms with Crippen LogP contribution < -0.4 is 4.72 Å². The molecule has 3 unspecified atom stereocenters. The van der Waals surface area contributed by atoms with Gasteiger partial charge in [0.1, 0.15) is 5.82 Å². The molecule has 1 N–H and O–H groups in total. The molecule has 3 atom stereocenters. The van der Waals surface area contributed by atoms with E-state index in [0.29, 0.717) is 6.42 Å². The number of sulfonamides is 1. The number of amides is 1. The molecular formula is C15H17ClFNO4S. The Kier molecular flexibility index (Phi) is 4.14. The van der Waals surface area contributed by atoms with Crippen molar-refractivity contribution in [1.82, 2.24) is 4.72 Å². The summed E-state index contributed by atoms with van der Waals surface area (Å²) in [4.78, 5) is 12.4. The number of halogens is 2. The number of ether oxygens (including phenoxy) is 1. The lowest BCUT2D eigenvalue weighted by Gasteiger charge is -2.29. The van der Waals surface area contributed by atoms with Crippen LogP contribution in [-0.4, -0.2) is 26.5 Å². The van der Waals surface area contributed by atoms with E-state index in [1.165, 1.54) is 12.1 Å². The molecule has 2 fully saturated rings. The van der Waals surface area contributed by atoms with E-state index in [2.05, 4.69) is 4.72 Å². The number of nitrogens with one attached hydrogen (secondary N) is 1. The highest BCUT2D eigenvalue weighted by molar-refractivity contribution is 7.89. The Morgan fingerprint density at radius 2 is 2.22 bits per heavy atom. The Labute approximate surface area is 139 Å². The Morgan fingerprint density at radius 3 is 2.78 bits per heavy atom. The second kappa shape index (κ2) is 5.72. The molecule has 3 rings (SSSR count). The summed E-state index contributed by atoms with van der Waals surface area (Å²) in [6, 6.07) is 3.92. The van der Waals surface area contributed by atoms with Gasteiger partial charge < -0.3 is 4.74 Å². The number of fused-ring (bicyclic) bond motifs is 2. The largest absolute Gasteiger partial charge is 0.374 e. The summed E-state index contributed by atoms with van der Waals surface area (Å²) in [6.07, 6.45) is 1.89. The Hall–Kier alpha value is -1.18. The van der Waals surface area contributed by atoms with Gasteiger partial charge in [0, 0.05) is 10.6 Å². The first-order valence-electron chi connectivity index (χ1n) is 7.34. The van der Waals surface area contributed by atoms with Gasteiger partial charge in [-0.1, -0.05) is 17.7 Å². The average Bonchev–Trinajstić information content (AvgIpc) is 3.03. The minimum absolute atomic E-state index is 0.0114. The molecule has 0 spiro atoms. The van der Waals surface area contributed by atoms with E-state index in [1.54, 1.807) is 6.92 Å². The van der Waals surface area contributed by atoms with Gasteiger partial charge in [0.05, 0.1) is 23.4 Å². The fourth-order valence-electron chi connectivity index (χ4n) is 3.32. The molecule has 0 radical (unpaired) electrons. The van der Waals surface area contributed by atoms with Gasteiger partial charge >= 0.3 is 0 Å². The molecule has 2 aliphatic heterocycles. The van der Waals surface area contributed by atoms with Crippen molar-refractivity contribution < 1.29 is 22.3 Å². The van der Waals surface area contributed by atoms with Crippen LogP contribution in [-0.2, 0) is 25.3 Å². The molecule has 0 aliphatic carbocycles. The van der Waals surface area contributed by atoms with E-state index in [1.807, 2.05) is 0 Å². The number of hydrogen-bond donors (Lipinski definition) is 1. The van der Waals surface area contributed by atoms with Crippen LogP contribution in [0.4, 0.5) is 4.39 Å². The molecule has 1 amide bonds. The lowest BCUT2D eigenvalue weighted by Crippen LogP contribution is -2.47. The molecule has 5 nitrogen and oxygen atoms in total. The third-order valence-electron chi connectivity index (χ3n) is 4.63. The van der Waals surface area contributed by atoms with Crippen molar-refractivity contribution in [2.75, 3.05) is 0 Å². The van der Waals surface area contributed by atoms with E-state index >= 15 is 0 Å². The fraction of sp³-hybridized carbons (Fsp3) is 0.533. The highest BCUT2D eigenvalue weighted by atomic mass is 35.5. The Morgan fingerprint density at radius 1 is 1.48 bits per heavy atom. The van der Waals surface area contributed by atoms with Gasteiger partial charge in [0.2, 0.25) is 15.9 Å². The molecule has 2 saturated heterocycles. The third-order valence-corrected chi connectivity index (χ3v) is 6.15. The predicted octanol–water partition coefficient (Wildman–Crippen LogP) is 2.38. The van der Waals surface area contributed by atoms with E-state index in [0.717, 1.165) is 18.9 Å². The second-order valence-corrected chi connectivity index (χ2v) is 8.47. The van der Waals surface area contributed by atoms with Crippen molar-refractivity contribution in [3.63, 3.8) is 0 Å². The van der Waals surface area contributed by atoms with Crippen LogP contribution in [0, 0.1) is 11.2 Å². The maximum atomic E-state index is 13.7. The molecule has 1 aromatic carbocycles. The minimum atomic E-state index is -4.05. The van der Waals surface area contributed by atoms with Crippen molar-refractivity contribution >= 4 is 27.5 Å². The van der Waals surface area contributed by atoms with Crippen LogP contribution in [0.2, 0.25) is 5.02 Å². The molecule has 23 heavy (non-hydrogen) atoms. The SMILES string of the molecule is CC1(C(=O)NS(=O)(=O)Cc2c(F)cccc2Cl)CC2CCC1O2. The number of carbonyl (C=O) groups excluding carboxylic acids is 1. The van der Waals surface area contributed by atoms with Crippen molar-refractivity contribution in [1.29, 1.82) is 0 Å². The van der Waals surface area contributed by atoms with Crippen LogP contribution in [0.1, 0.15) is 31.7 Å². The highest BCUT2D eigenvalue weighted by Gasteiger charge is 2.54. The van der Waals surface area contributed by atoms with Gasteiger partial charge in [-0.15, -0.1) is 0 Å². The van der Waals surface area contributed by atoms with Crippen LogP contribution >= 0.6 is 11.6 Å². The summed E-state index contributed by atoms with van der Waals surface area (Å²) >= 11 is 5.84. The smallest absolute Gasteiger partial charge is 0.242 e. The zero-order valence-corrected chi connectivity index (χ0v) is 14.1. The first-order valence-corrected chi connectivity index (χ1v) is 9.37. The molecular weight excluding hydrogens is 345 g/mol. The van der Waals surface area contributed by atoms with Crippen LogP contribution in [0.15, 0.2) is 18.2 Å². The molecule has 1 aromatic rings. The minimum Gasteiger partial charge on any atom is -0.374 e. The summed E-state index contributed by atoms with van der Waals surface area (Å²) in [7, 11) is -4.05. The zero-order chi connectivity index (χ0) is 16.8. The van der Waals surface area contributed by atoms with Gasteiger partial charge in [-0.25, -0.2) is 12.8 Å². The van der Waals surface area contributed by atoms with Gasteiger partial charge in [-0.3, -0.25) is 9.52 Å². The summed E-state index contributed by atoms with van der Waals surface area (Å²) < 4.78 is 45.9. The molecule has 2 bridgehead atoms. The van der Waals surface area contributed by atoms with Crippen molar-refractivity contribution in [2.24, 2.45) is 5.41 Å². The van der Waals surface area contributed by atoms with Gasteiger partial charge in [0.15, 0.2) is 0 Å². The summed E-state index contributed by atoms with van der Waals surface area (Å²) in [5.74, 6) is -2.00. The van der Waals surface area contributed by atoms with Crippen LogP contribution in [0.3, 0.4) is 0 Å². The van der Waals surface area contributed by atoms with E-state index in [-0.39, 0.29) is 22.8 Å². The fourth-order valence-corrected chi connectivity index (χ4v) is 4.89. The summed E-state index contributed by atoms with van der Waals surface area (Å²) in [5, 5.41) is 0.0114. The normalized spacial score (nSPS) is 29.7. The van der Waals surface area contributed by atoms with E-state index < -0.39 is 32.9 Å². The third kappa shape index (κ3) is 3.09. The standard InChI is InChI=1S/C15H17ClFNO4S/c1-15(7-9-5-6-13(15)22-9)14(19)18-23(20,21)8-10-11(16)3-2-4-12(10)17/h2-4,9,13H,5-8H2,1H3,(H,18,19). The van der Waals surface area contributed by atoms with Crippen molar-refractivity contribution in [3.8, 4) is 0 Å². The molecule has 126 valence electrons. The maximum Gasteiger partial charge on any atom is 0.242 e. The molecule has 8 heteroatoms. The number of benzene rings is 1. The molecule has 0 saturated carbocycles. The monoisotopic (exact) mass is 361 g/mol. The summed E-state index contributed by atoms with van der Waals surface area (Å²) in [6.45, 7) is 1.71. The number of hydrogen-bond acceptors (Lipinski definition) is 4. The summed E-state index contributed by atoms with van der Waals surface area (Å²) in [5.41, 5.74) is -1.02.